The standard InChI is InChI=1S/C9H10O4.C8H9NO2.C8H8O3/c10-5-6-13-9(12)7-3-1-2-4-8(7)11;1-6(10)9-7-2-4-8(11)5-3-7;1-11-8(10)6-4-2-3-5-7(6)9/h1-4,10-11H,5-6H2;2-5,11H,1H3,(H,9,10);2-5,9H,1H3. The maximum atomic E-state index is 11.1. The molecular weight excluding hydrogens is 458 g/mol. The van der Waals surface area contributed by atoms with Gasteiger partial charge in [-0.2, -0.15) is 0 Å². The van der Waals surface area contributed by atoms with Gasteiger partial charge in [-0.3, -0.25) is 4.79 Å². The fourth-order valence-corrected chi connectivity index (χ4v) is 2.37. The van der Waals surface area contributed by atoms with Gasteiger partial charge in [0.25, 0.3) is 0 Å². The highest BCUT2D eigenvalue weighted by Crippen LogP contribution is 2.17. The zero-order valence-corrected chi connectivity index (χ0v) is 19.2. The van der Waals surface area contributed by atoms with Gasteiger partial charge in [0.15, 0.2) is 0 Å². The molecule has 0 aliphatic carbocycles. The molecule has 35 heavy (non-hydrogen) atoms. The van der Waals surface area contributed by atoms with Gasteiger partial charge in [-0.05, 0) is 48.5 Å². The first kappa shape index (κ1) is 28.5. The van der Waals surface area contributed by atoms with E-state index in [0.717, 1.165) is 0 Å². The number of hydrogen-bond acceptors (Lipinski definition) is 9. The topological polar surface area (TPSA) is 163 Å². The molecule has 10 heteroatoms. The molecule has 10 nitrogen and oxygen atoms in total. The molecule has 0 aliphatic rings. The number of aliphatic hydroxyl groups excluding tert-OH is 1. The van der Waals surface area contributed by atoms with E-state index in [4.69, 9.17) is 15.3 Å². The molecule has 3 aromatic rings. The van der Waals surface area contributed by atoms with Gasteiger partial charge in [-0.15, -0.1) is 0 Å². The zero-order chi connectivity index (χ0) is 26.2. The molecule has 0 atom stereocenters. The Balaban J connectivity index is 0.000000264. The van der Waals surface area contributed by atoms with Gasteiger partial charge in [0.1, 0.15) is 35.0 Å². The third-order valence-corrected chi connectivity index (χ3v) is 3.95. The summed E-state index contributed by atoms with van der Waals surface area (Å²) >= 11 is 0. The quantitative estimate of drug-likeness (QED) is 0.270. The van der Waals surface area contributed by atoms with Gasteiger partial charge in [-0.1, -0.05) is 24.3 Å². The van der Waals surface area contributed by atoms with Crippen LogP contribution in [-0.2, 0) is 14.3 Å². The van der Waals surface area contributed by atoms with Gasteiger partial charge in [-0.25, -0.2) is 9.59 Å². The summed E-state index contributed by atoms with van der Waals surface area (Å²) < 4.78 is 9.03. The molecular formula is C25H27NO9. The smallest absolute Gasteiger partial charge is 0.341 e. The number of para-hydroxylation sites is 2. The number of anilines is 1. The van der Waals surface area contributed by atoms with Gasteiger partial charge in [0.05, 0.1) is 13.7 Å². The zero-order valence-electron chi connectivity index (χ0n) is 19.2. The minimum Gasteiger partial charge on any atom is -0.508 e. The van der Waals surface area contributed by atoms with Crippen LogP contribution in [0, 0.1) is 0 Å². The van der Waals surface area contributed by atoms with E-state index >= 15 is 0 Å². The van der Waals surface area contributed by atoms with Crippen LogP contribution in [0.5, 0.6) is 17.2 Å². The highest BCUT2D eigenvalue weighted by Gasteiger charge is 2.10. The van der Waals surface area contributed by atoms with Crippen LogP contribution in [0.25, 0.3) is 0 Å². The molecule has 0 saturated carbocycles. The first-order valence-electron chi connectivity index (χ1n) is 10.2. The van der Waals surface area contributed by atoms with E-state index in [1.54, 1.807) is 36.4 Å². The summed E-state index contributed by atoms with van der Waals surface area (Å²) in [6.07, 6.45) is 0. The summed E-state index contributed by atoms with van der Waals surface area (Å²) in [4.78, 5) is 32.5. The van der Waals surface area contributed by atoms with E-state index in [1.807, 2.05) is 0 Å². The second-order valence-corrected chi connectivity index (χ2v) is 6.61. The highest BCUT2D eigenvalue weighted by molar-refractivity contribution is 5.92. The number of aliphatic hydroxyl groups is 1. The Labute approximate surface area is 202 Å². The number of aromatic hydroxyl groups is 3. The number of rotatable bonds is 5. The van der Waals surface area contributed by atoms with E-state index in [0.29, 0.717) is 5.69 Å². The van der Waals surface area contributed by atoms with Crippen LogP contribution in [0.15, 0.2) is 72.8 Å². The van der Waals surface area contributed by atoms with Gasteiger partial charge >= 0.3 is 11.9 Å². The first-order chi connectivity index (χ1) is 16.7. The average Bonchev–Trinajstić information content (AvgIpc) is 2.84. The molecule has 0 saturated heterocycles. The number of carbonyl (C=O) groups is 3. The molecule has 0 aliphatic heterocycles. The number of carbonyl (C=O) groups excluding carboxylic acids is 3. The number of amides is 1. The lowest BCUT2D eigenvalue weighted by atomic mass is 10.2. The number of ether oxygens (including phenoxy) is 2. The molecule has 0 unspecified atom stereocenters. The second-order valence-electron chi connectivity index (χ2n) is 6.61. The number of phenolic OH excluding ortho intramolecular Hbond substituents is 3. The molecule has 0 spiro atoms. The number of methoxy groups -OCH3 is 1. The van der Waals surface area contributed by atoms with Crippen molar-refractivity contribution in [1.29, 1.82) is 0 Å². The van der Waals surface area contributed by atoms with Crippen LogP contribution in [0.4, 0.5) is 5.69 Å². The van der Waals surface area contributed by atoms with Crippen molar-refractivity contribution in [3.63, 3.8) is 0 Å². The normalized spacial score (nSPS) is 9.34. The van der Waals surface area contributed by atoms with Crippen LogP contribution in [0.2, 0.25) is 0 Å². The molecule has 3 aromatic carbocycles. The Morgan fingerprint density at radius 3 is 1.69 bits per heavy atom. The van der Waals surface area contributed by atoms with Crippen LogP contribution in [0.3, 0.4) is 0 Å². The van der Waals surface area contributed by atoms with Crippen LogP contribution >= 0.6 is 0 Å². The van der Waals surface area contributed by atoms with E-state index in [1.165, 1.54) is 50.4 Å². The Hall–Kier alpha value is -4.57. The number of hydrogen-bond donors (Lipinski definition) is 5. The van der Waals surface area contributed by atoms with Crippen LogP contribution in [0.1, 0.15) is 27.6 Å². The van der Waals surface area contributed by atoms with Crippen molar-refractivity contribution in [3.8, 4) is 17.2 Å². The molecule has 0 bridgehead atoms. The predicted octanol–water partition coefficient (Wildman–Crippen LogP) is 3.07. The molecule has 1 amide bonds. The van der Waals surface area contributed by atoms with Crippen molar-refractivity contribution >= 4 is 23.5 Å². The predicted molar refractivity (Wildman–Crippen MR) is 127 cm³/mol. The SMILES string of the molecule is CC(=O)Nc1ccc(O)cc1.COC(=O)c1ccccc1O.O=C(OCCO)c1ccccc1O. The lowest BCUT2D eigenvalue weighted by Crippen LogP contribution is -2.08. The van der Waals surface area contributed by atoms with Crippen LogP contribution in [-0.4, -0.2) is 58.6 Å². The lowest BCUT2D eigenvalue weighted by molar-refractivity contribution is -0.114. The summed E-state index contributed by atoms with van der Waals surface area (Å²) in [5.41, 5.74) is 0.987. The molecule has 0 radical (unpaired) electrons. The van der Waals surface area contributed by atoms with Crippen LogP contribution < -0.4 is 5.32 Å². The Bertz CT molecular complexity index is 1100. The molecule has 0 aromatic heterocycles. The first-order valence-corrected chi connectivity index (χ1v) is 10.2. The number of nitrogens with one attached hydrogen (secondary N) is 1. The fourth-order valence-electron chi connectivity index (χ4n) is 2.37. The van der Waals surface area contributed by atoms with E-state index in [2.05, 4.69) is 14.8 Å². The third kappa shape index (κ3) is 10.7. The van der Waals surface area contributed by atoms with Gasteiger partial charge in [0, 0.05) is 12.6 Å². The maximum Gasteiger partial charge on any atom is 0.341 e. The Morgan fingerprint density at radius 1 is 0.771 bits per heavy atom. The minimum atomic E-state index is -0.632. The van der Waals surface area contributed by atoms with E-state index in [-0.39, 0.29) is 47.5 Å². The molecule has 0 heterocycles. The molecule has 3 rings (SSSR count). The summed E-state index contributed by atoms with van der Waals surface area (Å²) in [6, 6.07) is 18.6. The average molecular weight is 485 g/mol. The monoisotopic (exact) mass is 485 g/mol. The molecule has 186 valence electrons. The van der Waals surface area contributed by atoms with E-state index < -0.39 is 11.9 Å². The summed E-state index contributed by atoms with van der Waals surface area (Å²) in [7, 11) is 1.27. The van der Waals surface area contributed by atoms with Crippen molar-refractivity contribution in [2.24, 2.45) is 0 Å². The van der Waals surface area contributed by atoms with Crippen molar-refractivity contribution in [1.82, 2.24) is 0 Å². The minimum absolute atomic E-state index is 0.0562. The number of esters is 2. The highest BCUT2D eigenvalue weighted by atomic mass is 16.5. The van der Waals surface area contributed by atoms with Crippen molar-refractivity contribution in [3.05, 3.63) is 83.9 Å². The fraction of sp³-hybridized carbons (Fsp3) is 0.160. The molecule has 5 N–H and O–H groups in total. The lowest BCUT2D eigenvalue weighted by Gasteiger charge is -2.03. The Morgan fingerprint density at radius 2 is 1.26 bits per heavy atom. The largest absolute Gasteiger partial charge is 0.508 e. The third-order valence-electron chi connectivity index (χ3n) is 3.95. The van der Waals surface area contributed by atoms with Gasteiger partial charge < -0.3 is 35.2 Å². The van der Waals surface area contributed by atoms with Crippen molar-refractivity contribution < 1.29 is 44.3 Å². The second kappa shape index (κ2) is 15.3. The van der Waals surface area contributed by atoms with E-state index in [9.17, 15) is 19.5 Å². The summed E-state index contributed by atoms with van der Waals surface area (Å²) in [5.74, 6) is -1.25. The van der Waals surface area contributed by atoms with Crippen molar-refractivity contribution in [2.75, 3.05) is 25.6 Å². The summed E-state index contributed by atoms with van der Waals surface area (Å²) in [6.45, 7) is 1.15. The molecule has 0 fully saturated rings. The van der Waals surface area contributed by atoms with Crippen molar-refractivity contribution in [2.45, 2.75) is 6.92 Å². The number of phenols is 3. The summed E-state index contributed by atoms with van der Waals surface area (Å²) in [5, 5.41) is 38.2. The Kier molecular flexibility index (Phi) is 12.4. The number of benzene rings is 3. The van der Waals surface area contributed by atoms with Gasteiger partial charge in [0.2, 0.25) is 5.91 Å². The maximum absolute atomic E-state index is 11.1.